The van der Waals surface area contributed by atoms with Gasteiger partial charge in [0.1, 0.15) is 28.8 Å². The van der Waals surface area contributed by atoms with Crippen molar-refractivity contribution in [1.29, 1.82) is 0 Å². The second-order valence-electron chi connectivity index (χ2n) is 9.15. The van der Waals surface area contributed by atoms with Gasteiger partial charge >= 0.3 is 5.97 Å². The van der Waals surface area contributed by atoms with Gasteiger partial charge in [-0.3, -0.25) is 14.4 Å². The summed E-state index contributed by atoms with van der Waals surface area (Å²) in [7, 11) is 1.47. The van der Waals surface area contributed by atoms with Crippen molar-refractivity contribution in [3.63, 3.8) is 0 Å². The van der Waals surface area contributed by atoms with Gasteiger partial charge in [0, 0.05) is 24.8 Å². The van der Waals surface area contributed by atoms with Crippen LogP contribution >= 0.6 is 0 Å². The Morgan fingerprint density at radius 3 is 2.58 bits per heavy atom. The number of phenols is 1. The number of cyclic esters (lactones) is 1. The molecule has 0 aliphatic carbocycles. The third-order valence-electron chi connectivity index (χ3n) is 6.05. The number of hydrogen-bond acceptors (Lipinski definition) is 6. The number of ketones is 2. The third-order valence-corrected chi connectivity index (χ3v) is 6.05. The van der Waals surface area contributed by atoms with Crippen molar-refractivity contribution in [2.75, 3.05) is 7.11 Å². The predicted octanol–water partition coefficient (Wildman–Crippen LogP) is 4.88. The molecular formula is C25H34O6. The Bertz CT molecular complexity index is 869. The summed E-state index contributed by atoms with van der Waals surface area (Å²) in [5, 5.41) is 10.2. The van der Waals surface area contributed by atoms with Crippen LogP contribution in [0.1, 0.15) is 70.7 Å². The van der Waals surface area contributed by atoms with E-state index in [0.717, 1.165) is 5.57 Å². The lowest BCUT2D eigenvalue weighted by Gasteiger charge is -2.28. The number of ether oxygens (including phenoxy) is 2. The van der Waals surface area contributed by atoms with E-state index in [1.807, 2.05) is 40.7 Å². The van der Waals surface area contributed by atoms with E-state index in [4.69, 9.17) is 9.47 Å². The SMILES string of the molecule is COc1ccc(C(=O)[C@@H]2C(=O)O[C@@](C)(CC/C=C(\C)CC(=O)CC(C)C)[C@H]2C)c(O)c1. The molecular weight excluding hydrogens is 396 g/mol. The number of rotatable bonds is 10. The first kappa shape index (κ1) is 24.6. The minimum absolute atomic E-state index is 0.0817. The van der Waals surface area contributed by atoms with Gasteiger partial charge in [0.15, 0.2) is 5.78 Å². The normalized spacial score (nSPS) is 23.7. The predicted molar refractivity (Wildman–Crippen MR) is 118 cm³/mol. The zero-order valence-electron chi connectivity index (χ0n) is 19.4. The van der Waals surface area contributed by atoms with Gasteiger partial charge in [-0.15, -0.1) is 0 Å². The molecule has 31 heavy (non-hydrogen) atoms. The second kappa shape index (κ2) is 10.1. The van der Waals surface area contributed by atoms with Crippen LogP contribution in [0, 0.1) is 17.8 Å². The summed E-state index contributed by atoms with van der Waals surface area (Å²) in [4.78, 5) is 37.6. The minimum atomic E-state index is -0.970. The molecule has 1 fully saturated rings. The number of hydrogen-bond donors (Lipinski definition) is 1. The molecule has 0 spiro atoms. The number of esters is 1. The van der Waals surface area contributed by atoms with E-state index < -0.39 is 23.3 Å². The standard InChI is InChI=1S/C25H34O6/c1-15(2)12-18(26)13-16(3)8-7-11-25(5)17(4)22(24(29)31-25)23(28)20-10-9-19(30-6)14-21(20)27/h8-10,14-15,17,22,27H,7,11-13H2,1-6H3/b16-8+/t17-,22+,25-/m0/s1. The van der Waals surface area contributed by atoms with Crippen LogP contribution in [0.4, 0.5) is 0 Å². The van der Waals surface area contributed by atoms with Gasteiger partial charge in [0.05, 0.1) is 12.7 Å². The molecule has 1 N–H and O–H groups in total. The number of aromatic hydroxyl groups is 1. The molecule has 0 aromatic heterocycles. The van der Waals surface area contributed by atoms with Crippen LogP contribution in [0.5, 0.6) is 11.5 Å². The molecule has 0 bridgehead atoms. The number of benzene rings is 1. The number of carbonyl (C=O) groups is 3. The molecule has 1 aromatic rings. The van der Waals surface area contributed by atoms with Crippen LogP contribution < -0.4 is 4.74 Å². The number of allylic oxidation sites excluding steroid dienone is 2. The lowest BCUT2D eigenvalue weighted by Crippen LogP contribution is -2.33. The first-order valence-corrected chi connectivity index (χ1v) is 10.8. The summed E-state index contributed by atoms with van der Waals surface area (Å²) >= 11 is 0. The summed E-state index contributed by atoms with van der Waals surface area (Å²) in [6.45, 7) is 9.65. The van der Waals surface area contributed by atoms with Crippen molar-refractivity contribution in [2.45, 2.75) is 65.9 Å². The Balaban J connectivity index is 2.06. The molecule has 170 valence electrons. The van der Waals surface area contributed by atoms with Crippen molar-refractivity contribution in [1.82, 2.24) is 0 Å². The van der Waals surface area contributed by atoms with Crippen LogP contribution in [0.2, 0.25) is 0 Å². The highest BCUT2D eigenvalue weighted by molar-refractivity contribution is 6.11. The Kier molecular flexibility index (Phi) is 8.04. The molecule has 1 aliphatic rings. The summed E-state index contributed by atoms with van der Waals surface area (Å²) in [6.07, 6.45) is 4.20. The molecule has 6 nitrogen and oxygen atoms in total. The molecule has 3 atom stereocenters. The first-order valence-electron chi connectivity index (χ1n) is 10.8. The van der Waals surface area contributed by atoms with Gasteiger partial charge in [-0.25, -0.2) is 0 Å². The summed E-state index contributed by atoms with van der Waals surface area (Å²) in [5.41, 5.74) is 0.290. The highest BCUT2D eigenvalue weighted by Gasteiger charge is 2.53. The van der Waals surface area contributed by atoms with Crippen LogP contribution in [0.15, 0.2) is 29.8 Å². The van der Waals surface area contributed by atoms with Gasteiger partial charge in [-0.05, 0) is 44.7 Å². The average molecular weight is 431 g/mol. The highest BCUT2D eigenvalue weighted by Crippen LogP contribution is 2.42. The molecule has 1 heterocycles. The van der Waals surface area contributed by atoms with Gasteiger partial charge < -0.3 is 14.6 Å². The Hall–Kier alpha value is -2.63. The zero-order chi connectivity index (χ0) is 23.3. The molecule has 0 unspecified atom stereocenters. The van der Waals surface area contributed by atoms with E-state index in [1.54, 1.807) is 6.07 Å². The van der Waals surface area contributed by atoms with Crippen LogP contribution in [-0.4, -0.2) is 35.4 Å². The van der Waals surface area contributed by atoms with Gasteiger partial charge in [0.2, 0.25) is 0 Å². The number of phenolic OH excluding ortho intramolecular Hbond substituents is 1. The van der Waals surface area contributed by atoms with E-state index in [1.165, 1.54) is 19.2 Å². The van der Waals surface area contributed by atoms with Crippen molar-refractivity contribution < 1.29 is 29.0 Å². The molecule has 1 saturated heterocycles. The molecule has 0 radical (unpaired) electrons. The van der Waals surface area contributed by atoms with E-state index in [0.29, 0.717) is 37.4 Å². The Morgan fingerprint density at radius 2 is 2.00 bits per heavy atom. The fourth-order valence-corrected chi connectivity index (χ4v) is 4.09. The molecule has 0 saturated carbocycles. The fraction of sp³-hybridized carbons (Fsp3) is 0.560. The Morgan fingerprint density at radius 1 is 1.32 bits per heavy atom. The monoisotopic (exact) mass is 430 g/mol. The van der Waals surface area contributed by atoms with E-state index >= 15 is 0 Å². The maximum atomic E-state index is 13.0. The van der Waals surface area contributed by atoms with Gasteiger partial charge in [0.25, 0.3) is 0 Å². The maximum absolute atomic E-state index is 13.0. The Labute approximate surface area is 184 Å². The van der Waals surface area contributed by atoms with E-state index in [2.05, 4.69) is 0 Å². The largest absolute Gasteiger partial charge is 0.507 e. The quantitative estimate of drug-likeness (QED) is 0.246. The number of methoxy groups -OCH3 is 1. The number of Topliss-reactive ketones (excluding diaryl/α,β-unsaturated/α-hetero) is 2. The van der Waals surface area contributed by atoms with Crippen molar-refractivity contribution in [3.8, 4) is 11.5 Å². The smallest absolute Gasteiger partial charge is 0.317 e. The van der Waals surface area contributed by atoms with Crippen LogP contribution in [0.25, 0.3) is 0 Å². The average Bonchev–Trinajstić information content (AvgIpc) is 2.88. The molecule has 2 rings (SSSR count). The van der Waals surface area contributed by atoms with Crippen molar-refractivity contribution in [2.24, 2.45) is 17.8 Å². The van der Waals surface area contributed by atoms with Gasteiger partial charge in [-0.2, -0.15) is 0 Å². The third kappa shape index (κ3) is 5.96. The van der Waals surface area contributed by atoms with Crippen LogP contribution in [0.3, 0.4) is 0 Å². The van der Waals surface area contributed by atoms with E-state index in [-0.39, 0.29) is 23.0 Å². The summed E-state index contributed by atoms with van der Waals surface area (Å²) in [5.74, 6) is -1.57. The maximum Gasteiger partial charge on any atom is 0.317 e. The molecule has 1 aromatic carbocycles. The first-order chi connectivity index (χ1) is 14.5. The molecule has 6 heteroatoms. The highest BCUT2D eigenvalue weighted by atomic mass is 16.6. The van der Waals surface area contributed by atoms with Gasteiger partial charge in [-0.1, -0.05) is 32.4 Å². The van der Waals surface area contributed by atoms with Crippen molar-refractivity contribution in [3.05, 3.63) is 35.4 Å². The topological polar surface area (TPSA) is 89.9 Å². The van der Waals surface area contributed by atoms with Crippen molar-refractivity contribution >= 4 is 17.5 Å². The zero-order valence-corrected chi connectivity index (χ0v) is 19.4. The van der Waals surface area contributed by atoms with E-state index in [9.17, 15) is 19.5 Å². The van der Waals surface area contributed by atoms with Crippen LogP contribution in [-0.2, 0) is 14.3 Å². The second-order valence-corrected chi connectivity index (χ2v) is 9.15. The minimum Gasteiger partial charge on any atom is -0.507 e. The molecule has 0 amide bonds. The fourth-order valence-electron chi connectivity index (χ4n) is 4.09. The summed E-state index contributed by atoms with van der Waals surface area (Å²) in [6, 6.07) is 4.39. The number of carbonyl (C=O) groups excluding carboxylic acids is 3. The lowest BCUT2D eigenvalue weighted by molar-refractivity contribution is -0.149. The summed E-state index contributed by atoms with van der Waals surface area (Å²) < 4.78 is 10.7. The molecule has 1 aliphatic heterocycles. The lowest BCUT2D eigenvalue weighted by atomic mass is 9.77.